The number of hydrogen-bond acceptors (Lipinski definition) is 2. The standard InChI is InChI=1S/C12H12F2O2/c1-2-16-9-6-5-8(10(13)11(9)14)12(15)7-3-4-7/h5-7H,2-4H2,1H3. The molecule has 1 aromatic rings. The first-order chi connectivity index (χ1) is 7.65. The average Bonchev–Trinajstić information content (AvgIpc) is 3.08. The van der Waals surface area contributed by atoms with Crippen molar-refractivity contribution in [1.29, 1.82) is 0 Å². The van der Waals surface area contributed by atoms with Crippen molar-refractivity contribution in [3.8, 4) is 5.75 Å². The molecule has 0 atom stereocenters. The third kappa shape index (κ3) is 1.92. The molecular formula is C12H12F2O2. The first kappa shape index (κ1) is 11.0. The second-order valence-electron chi connectivity index (χ2n) is 3.81. The predicted octanol–water partition coefficient (Wildman–Crippen LogP) is 2.96. The molecule has 2 rings (SSSR count). The summed E-state index contributed by atoms with van der Waals surface area (Å²) in [7, 11) is 0. The van der Waals surface area contributed by atoms with E-state index >= 15 is 0 Å². The summed E-state index contributed by atoms with van der Waals surface area (Å²) in [6, 6.07) is 2.60. The van der Waals surface area contributed by atoms with E-state index < -0.39 is 11.6 Å². The van der Waals surface area contributed by atoms with Gasteiger partial charge in [-0.3, -0.25) is 4.79 Å². The highest BCUT2D eigenvalue weighted by Crippen LogP contribution is 2.34. The van der Waals surface area contributed by atoms with Crippen LogP contribution in [0.15, 0.2) is 12.1 Å². The van der Waals surface area contributed by atoms with Gasteiger partial charge in [-0.2, -0.15) is 4.39 Å². The Morgan fingerprint density at radius 2 is 2.06 bits per heavy atom. The van der Waals surface area contributed by atoms with Crippen LogP contribution in [0, 0.1) is 17.6 Å². The predicted molar refractivity (Wildman–Crippen MR) is 54.6 cm³/mol. The number of carbonyl (C=O) groups excluding carboxylic acids is 1. The lowest BCUT2D eigenvalue weighted by Crippen LogP contribution is -2.07. The van der Waals surface area contributed by atoms with E-state index in [1.807, 2.05) is 0 Å². The van der Waals surface area contributed by atoms with Crippen LogP contribution >= 0.6 is 0 Å². The monoisotopic (exact) mass is 226 g/mol. The summed E-state index contributed by atoms with van der Waals surface area (Å²) in [5.41, 5.74) is -0.163. The first-order valence-corrected chi connectivity index (χ1v) is 5.30. The molecular weight excluding hydrogens is 214 g/mol. The van der Waals surface area contributed by atoms with Gasteiger partial charge in [0, 0.05) is 5.92 Å². The zero-order chi connectivity index (χ0) is 11.7. The Balaban J connectivity index is 2.33. The van der Waals surface area contributed by atoms with Crippen LogP contribution in [0.5, 0.6) is 5.75 Å². The Morgan fingerprint density at radius 3 is 2.62 bits per heavy atom. The van der Waals surface area contributed by atoms with Gasteiger partial charge in [0.25, 0.3) is 0 Å². The van der Waals surface area contributed by atoms with Crippen molar-refractivity contribution in [2.75, 3.05) is 6.61 Å². The van der Waals surface area contributed by atoms with E-state index in [2.05, 4.69) is 0 Å². The Hall–Kier alpha value is -1.45. The van der Waals surface area contributed by atoms with Crippen LogP contribution in [0.25, 0.3) is 0 Å². The number of halogens is 2. The van der Waals surface area contributed by atoms with Gasteiger partial charge in [-0.05, 0) is 31.9 Å². The third-order valence-corrected chi connectivity index (χ3v) is 2.56. The second-order valence-corrected chi connectivity index (χ2v) is 3.81. The van der Waals surface area contributed by atoms with Gasteiger partial charge >= 0.3 is 0 Å². The number of carbonyl (C=O) groups is 1. The van der Waals surface area contributed by atoms with Gasteiger partial charge in [0.2, 0.25) is 5.82 Å². The normalized spacial score (nSPS) is 14.9. The molecule has 1 aromatic carbocycles. The maximum atomic E-state index is 13.5. The van der Waals surface area contributed by atoms with E-state index in [0.717, 1.165) is 12.8 Å². The molecule has 1 aliphatic carbocycles. The largest absolute Gasteiger partial charge is 0.491 e. The number of rotatable bonds is 4. The van der Waals surface area contributed by atoms with Crippen molar-refractivity contribution >= 4 is 5.78 Å². The summed E-state index contributed by atoms with van der Waals surface area (Å²) in [5.74, 6) is -2.74. The van der Waals surface area contributed by atoms with Crippen molar-refractivity contribution in [3.63, 3.8) is 0 Å². The fraction of sp³-hybridized carbons (Fsp3) is 0.417. The van der Waals surface area contributed by atoms with E-state index in [-0.39, 0.29) is 29.6 Å². The van der Waals surface area contributed by atoms with Crippen LogP contribution in [0.3, 0.4) is 0 Å². The summed E-state index contributed by atoms with van der Waals surface area (Å²) >= 11 is 0. The minimum atomic E-state index is -1.09. The molecule has 0 N–H and O–H groups in total. The molecule has 0 heterocycles. The number of benzene rings is 1. The van der Waals surface area contributed by atoms with Crippen LogP contribution in [-0.4, -0.2) is 12.4 Å². The van der Waals surface area contributed by atoms with Gasteiger partial charge in [0.05, 0.1) is 12.2 Å². The zero-order valence-electron chi connectivity index (χ0n) is 8.93. The molecule has 0 aromatic heterocycles. The molecule has 0 unspecified atom stereocenters. The van der Waals surface area contributed by atoms with E-state index in [1.165, 1.54) is 12.1 Å². The lowest BCUT2D eigenvalue weighted by Gasteiger charge is -2.07. The first-order valence-electron chi connectivity index (χ1n) is 5.30. The highest BCUT2D eigenvalue weighted by atomic mass is 19.2. The Labute approximate surface area is 92.2 Å². The summed E-state index contributed by atoms with van der Waals surface area (Å²) in [6.07, 6.45) is 1.54. The Bertz CT molecular complexity index is 425. The molecule has 0 bridgehead atoms. The minimum Gasteiger partial charge on any atom is -0.491 e. The third-order valence-electron chi connectivity index (χ3n) is 2.56. The maximum Gasteiger partial charge on any atom is 0.201 e. The van der Waals surface area contributed by atoms with Crippen LogP contribution in [0.1, 0.15) is 30.1 Å². The molecule has 0 saturated heterocycles. The summed E-state index contributed by atoms with van der Waals surface area (Å²) in [5, 5.41) is 0. The zero-order valence-corrected chi connectivity index (χ0v) is 8.93. The van der Waals surface area contributed by atoms with Crippen LogP contribution in [0.2, 0.25) is 0 Å². The molecule has 4 heteroatoms. The topological polar surface area (TPSA) is 26.3 Å². The highest BCUT2D eigenvalue weighted by molar-refractivity contribution is 5.99. The van der Waals surface area contributed by atoms with Crippen molar-refractivity contribution in [2.24, 2.45) is 5.92 Å². The van der Waals surface area contributed by atoms with E-state index in [4.69, 9.17) is 4.74 Å². The summed E-state index contributed by atoms with van der Waals surface area (Å²) in [4.78, 5) is 11.6. The van der Waals surface area contributed by atoms with Crippen molar-refractivity contribution in [1.82, 2.24) is 0 Å². The maximum absolute atomic E-state index is 13.5. The molecule has 16 heavy (non-hydrogen) atoms. The molecule has 1 aliphatic rings. The second kappa shape index (κ2) is 4.20. The summed E-state index contributed by atoms with van der Waals surface area (Å²) < 4.78 is 31.9. The quantitative estimate of drug-likeness (QED) is 0.738. The van der Waals surface area contributed by atoms with Crippen molar-refractivity contribution in [2.45, 2.75) is 19.8 Å². The molecule has 2 nitrogen and oxygen atoms in total. The SMILES string of the molecule is CCOc1ccc(C(=O)C2CC2)c(F)c1F. The average molecular weight is 226 g/mol. The number of ketones is 1. The molecule has 0 amide bonds. The van der Waals surface area contributed by atoms with E-state index in [0.29, 0.717) is 0 Å². The molecule has 1 saturated carbocycles. The van der Waals surface area contributed by atoms with Crippen LogP contribution in [-0.2, 0) is 0 Å². The van der Waals surface area contributed by atoms with Crippen LogP contribution < -0.4 is 4.74 Å². The molecule has 0 aliphatic heterocycles. The van der Waals surface area contributed by atoms with Gasteiger partial charge in [-0.1, -0.05) is 0 Å². The lowest BCUT2D eigenvalue weighted by molar-refractivity contribution is 0.0962. The Morgan fingerprint density at radius 1 is 1.38 bits per heavy atom. The number of ether oxygens (including phenoxy) is 1. The van der Waals surface area contributed by atoms with Crippen molar-refractivity contribution in [3.05, 3.63) is 29.3 Å². The van der Waals surface area contributed by atoms with E-state index in [9.17, 15) is 13.6 Å². The smallest absolute Gasteiger partial charge is 0.201 e. The summed E-state index contributed by atoms with van der Waals surface area (Å²) in [6.45, 7) is 1.94. The van der Waals surface area contributed by atoms with Gasteiger partial charge in [-0.15, -0.1) is 0 Å². The molecule has 86 valence electrons. The highest BCUT2D eigenvalue weighted by Gasteiger charge is 2.33. The molecule has 0 spiro atoms. The van der Waals surface area contributed by atoms with Gasteiger partial charge < -0.3 is 4.74 Å². The van der Waals surface area contributed by atoms with E-state index in [1.54, 1.807) is 6.92 Å². The van der Waals surface area contributed by atoms with Crippen LogP contribution in [0.4, 0.5) is 8.78 Å². The fourth-order valence-electron chi connectivity index (χ4n) is 1.55. The number of Topliss-reactive ketones (excluding diaryl/α,β-unsaturated/α-hetero) is 1. The number of hydrogen-bond donors (Lipinski definition) is 0. The fourth-order valence-corrected chi connectivity index (χ4v) is 1.55. The molecule has 0 radical (unpaired) electrons. The molecule has 1 fully saturated rings. The lowest BCUT2D eigenvalue weighted by atomic mass is 10.1. The Kier molecular flexibility index (Phi) is 2.90. The van der Waals surface area contributed by atoms with Gasteiger partial charge in [-0.25, -0.2) is 4.39 Å². The minimum absolute atomic E-state index is 0.119. The van der Waals surface area contributed by atoms with Gasteiger partial charge in [0.15, 0.2) is 17.3 Å². The van der Waals surface area contributed by atoms with Gasteiger partial charge in [0.1, 0.15) is 0 Å². The van der Waals surface area contributed by atoms with Crippen molar-refractivity contribution < 1.29 is 18.3 Å².